The molecule has 0 atom stereocenters. The van der Waals surface area contributed by atoms with Crippen molar-refractivity contribution in [1.29, 1.82) is 0 Å². The fourth-order valence-corrected chi connectivity index (χ4v) is 2.40. The molecule has 3 aromatic rings. The number of nitrogens with zero attached hydrogens (tertiary/aromatic N) is 2. The number of fused-ring (bicyclic) bond motifs is 1. The second kappa shape index (κ2) is 4.92. The zero-order valence-corrected chi connectivity index (χ0v) is 12.4. The third-order valence-corrected chi connectivity index (χ3v) is 4.21. The van der Waals surface area contributed by atoms with Crippen molar-refractivity contribution in [3.05, 3.63) is 57.8 Å². The number of aromatic nitrogens is 2. The van der Waals surface area contributed by atoms with E-state index in [9.17, 15) is 4.79 Å². The van der Waals surface area contributed by atoms with E-state index in [-0.39, 0.29) is 5.56 Å². The van der Waals surface area contributed by atoms with Crippen LogP contribution >= 0.6 is 27.5 Å². The van der Waals surface area contributed by atoms with Crippen LogP contribution in [0.4, 0.5) is 0 Å². The van der Waals surface area contributed by atoms with E-state index in [2.05, 4.69) is 20.9 Å². The molecule has 2 aromatic carbocycles. The van der Waals surface area contributed by atoms with E-state index in [4.69, 9.17) is 16.7 Å². The summed E-state index contributed by atoms with van der Waals surface area (Å²) in [5.74, 6) is -0.964. The van der Waals surface area contributed by atoms with Crippen molar-refractivity contribution < 1.29 is 9.90 Å². The maximum Gasteiger partial charge on any atom is 0.335 e. The van der Waals surface area contributed by atoms with Gasteiger partial charge in [0.15, 0.2) is 0 Å². The smallest absolute Gasteiger partial charge is 0.335 e. The van der Waals surface area contributed by atoms with Crippen LogP contribution < -0.4 is 0 Å². The molecule has 0 amide bonds. The summed E-state index contributed by atoms with van der Waals surface area (Å²) in [6.07, 6.45) is 1.65. The molecule has 3 rings (SSSR count). The zero-order valence-electron chi connectivity index (χ0n) is 10.0. The lowest BCUT2D eigenvalue weighted by atomic mass is 10.2. The van der Waals surface area contributed by atoms with E-state index in [0.29, 0.717) is 5.02 Å². The first-order valence-corrected chi connectivity index (χ1v) is 6.89. The third kappa shape index (κ3) is 2.19. The highest BCUT2D eigenvalue weighted by Crippen LogP contribution is 2.27. The number of hydrogen-bond acceptors (Lipinski definition) is 2. The molecule has 0 fully saturated rings. The molecule has 4 nitrogen and oxygen atoms in total. The fourth-order valence-electron chi connectivity index (χ4n) is 1.98. The minimum Gasteiger partial charge on any atom is -0.478 e. The molecule has 0 bridgehead atoms. The topological polar surface area (TPSA) is 55.1 Å². The molecule has 0 unspecified atom stereocenters. The van der Waals surface area contributed by atoms with Crippen molar-refractivity contribution in [1.82, 2.24) is 9.55 Å². The van der Waals surface area contributed by atoms with Gasteiger partial charge in [-0.05, 0) is 52.3 Å². The number of carboxylic acid groups (broad SMARTS) is 1. The van der Waals surface area contributed by atoms with Gasteiger partial charge in [-0.2, -0.15) is 0 Å². The van der Waals surface area contributed by atoms with Gasteiger partial charge in [0.2, 0.25) is 0 Å². The number of carbonyl (C=O) groups is 1. The summed E-state index contributed by atoms with van der Waals surface area (Å²) >= 11 is 9.43. The predicted molar refractivity (Wildman–Crippen MR) is 80.7 cm³/mol. The molecule has 20 heavy (non-hydrogen) atoms. The summed E-state index contributed by atoms with van der Waals surface area (Å²) in [5, 5.41) is 9.65. The molecule has 0 spiro atoms. The Morgan fingerprint density at radius 1 is 1.25 bits per heavy atom. The quantitative estimate of drug-likeness (QED) is 0.755. The Bertz CT molecular complexity index is 829. The lowest BCUT2D eigenvalue weighted by Gasteiger charge is -2.06. The lowest BCUT2D eigenvalue weighted by molar-refractivity contribution is 0.0697. The summed E-state index contributed by atoms with van der Waals surface area (Å²) in [5.41, 5.74) is 2.50. The monoisotopic (exact) mass is 350 g/mol. The third-order valence-electron chi connectivity index (χ3n) is 2.98. The molecule has 0 radical (unpaired) electrons. The van der Waals surface area contributed by atoms with Crippen molar-refractivity contribution >= 4 is 44.5 Å². The zero-order chi connectivity index (χ0) is 14.3. The van der Waals surface area contributed by atoms with Crippen LogP contribution in [0.5, 0.6) is 0 Å². The van der Waals surface area contributed by atoms with Crippen LogP contribution in [-0.4, -0.2) is 20.6 Å². The first kappa shape index (κ1) is 13.1. The predicted octanol–water partition coefficient (Wildman–Crippen LogP) is 4.14. The molecule has 1 N–H and O–H groups in total. The van der Waals surface area contributed by atoms with Crippen molar-refractivity contribution in [2.24, 2.45) is 0 Å². The standard InChI is InChI=1S/C14H8BrClN2O2/c15-10-3-2-9(6-11(10)16)18-7-17-12-4-1-8(14(19)20)5-13(12)18/h1-7H,(H,19,20). The highest BCUT2D eigenvalue weighted by molar-refractivity contribution is 9.10. The first-order valence-electron chi connectivity index (χ1n) is 5.72. The van der Waals surface area contributed by atoms with Gasteiger partial charge in [0.25, 0.3) is 0 Å². The van der Waals surface area contributed by atoms with E-state index < -0.39 is 5.97 Å². The molecule has 0 aliphatic rings. The van der Waals surface area contributed by atoms with Crippen LogP contribution in [0.3, 0.4) is 0 Å². The fraction of sp³-hybridized carbons (Fsp3) is 0. The molecule has 6 heteroatoms. The van der Waals surface area contributed by atoms with Crippen molar-refractivity contribution in [3.63, 3.8) is 0 Å². The van der Waals surface area contributed by atoms with Gasteiger partial charge >= 0.3 is 5.97 Å². The molecule has 0 aliphatic carbocycles. The maximum absolute atomic E-state index is 11.1. The Labute approximate surface area is 127 Å². The average molecular weight is 352 g/mol. The van der Waals surface area contributed by atoms with Crippen LogP contribution in [0.25, 0.3) is 16.7 Å². The molecule has 0 saturated heterocycles. The number of halogens is 2. The van der Waals surface area contributed by atoms with E-state index in [0.717, 1.165) is 21.2 Å². The lowest BCUT2D eigenvalue weighted by Crippen LogP contribution is -1.97. The van der Waals surface area contributed by atoms with Crippen molar-refractivity contribution in [2.45, 2.75) is 0 Å². The molecule has 0 saturated carbocycles. The van der Waals surface area contributed by atoms with Crippen LogP contribution in [0.1, 0.15) is 10.4 Å². The highest BCUT2D eigenvalue weighted by Gasteiger charge is 2.10. The van der Waals surface area contributed by atoms with Gasteiger partial charge in [0.1, 0.15) is 6.33 Å². The van der Waals surface area contributed by atoms with E-state index in [1.807, 2.05) is 12.1 Å². The summed E-state index contributed by atoms with van der Waals surface area (Å²) in [7, 11) is 0. The second-order valence-corrected chi connectivity index (χ2v) is 5.48. The Balaban J connectivity index is 2.22. The van der Waals surface area contributed by atoms with Crippen molar-refractivity contribution in [3.8, 4) is 5.69 Å². The SMILES string of the molecule is O=C(O)c1ccc2ncn(-c3ccc(Br)c(Cl)c3)c2c1. The number of rotatable bonds is 2. The maximum atomic E-state index is 11.1. The normalized spacial score (nSPS) is 10.9. The Morgan fingerprint density at radius 3 is 2.75 bits per heavy atom. The van der Waals surface area contributed by atoms with Gasteiger partial charge in [0.05, 0.1) is 21.6 Å². The minimum absolute atomic E-state index is 0.224. The Kier molecular flexibility index (Phi) is 3.23. The molecule has 1 aromatic heterocycles. The van der Waals surface area contributed by atoms with Crippen LogP contribution in [0.15, 0.2) is 47.2 Å². The van der Waals surface area contributed by atoms with Crippen LogP contribution in [0, 0.1) is 0 Å². The van der Waals surface area contributed by atoms with Gasteiger partial charge in [-0.25, -0.2) is 9.78 Å². The Morgan fingerprint density at radius 2 is 2.05 bits per heavy atom. The van der Waals surface area contributed by atoms with Crippen LogP contribution in [-0.2, 0) is 0 Å². The van der Waals surface area contributed by atoms with Crippen LogP contribution in [0.2, 0.25) is 5.02 Å². The highest BCUT2D eigenvalue weighted by atomic mass is 79.9. The number of benzene rings is 2. The number of aromatic carboxylic acids is 1. The molecule has 100 valence electrons. The largest absolute Gasteiger partial charge is 0.478 e. The minimum atomic E-state index is -0.964. The number of imidazole rings is 1. The van der Waals surface area contributed by atoms with Gasteiger partial charge in [-0.15, -0.1) is 0 Å². The average Bonchev–Trinajstić information content (AvgIpc) is 2.84. The summed E-state index contributed by atoms with van der Waals surface area (Å²) in [4.78, 5) is 15.3. The van der Waals surface area contributed by atoms with Gasteiger partial charge in [-0.1, -0.05) is 11.6 Å². The summed E-state index contributed by atoms with van der Waals surface area (Å²) in [6.45, 7) is 0. The molecule has 1 heterocycles. The van der Waals surface area contributed by atoms with E-state index in [1.54, 1.807) is 29.1 Å². The number of hydrogen-bond donors (Lipinski definition) is 1. The van der Waals surface area contributed by atoms with Gasteiger partial charge < -0.3 is 5.11 Å². The Hall–Kier alpha value is -1.85. The molecular weight excluding hydrogens is 344 g/mol. The van der Waals surface area contributed by atoms with E-state index in [1.165, 1.54) is 6.07 Å². The first-order chi connectivity index (χ1) is 9.56. The molecule has 0 aliphatic heterocycles. The second-order valence-electron chi connectivity index (χ2n) is 4.22. The van der Waals surface area contributed by atoms with Gasteiger partial charge in [0, 0.05) is 10.2 Å². The molecular formula is C14H8BrClN2O2. The summed E-state index contributed by atoms with van der Waals surface area (Å²) < 4.78 is 2.61. The van der Waals surface area contributed by atoms with Crippen molar-refractivity contribution in [2.75, 3.05) is 0 Å². The summed E-state index contributed by atoms with van der Waals surface area (Å²) in [6, 6.07) is 10.3. The van der Waals surface area contributed by atoms with Gasteiger partial charge in [-0.3, -0.25) is 4.57 Å². The number of carboxylic acids is 1. The van der Waals surface area contributed by atoms with E-state index >= 15 is 0 Å².